The molecule has 3 N–H and O–H groups in total. The number of urea groups is 1. The molecule has 0 fully saturated rings. The Kier molecular flexibility index (Phi) is 5.39. The van der Waals surface area contributed by atoms with Gasteiger partial charge in [0, 0.05) is 11.4 Å². The number of hydrogen-bond donors (Lipinski definition) is 3. The van der Waals surface area contributed by atoms with E-state index >= 15 is 0 Å². The Morgan fingerprint density at radius 1 is 1.17 bits per heavy atom. The first-order valence-electron chi connectivity index (χ1n) is 7.38. The number of carbonyl (C=O) groups excluding carboxylic acids is 1. The van der Waals surface area contributed by atoms with E-state index in [2.05, 4.69) is 10.6 Å². The summed E-state index contributed by atoms with van der Waals surface area (Å²) in [6.07, 6.45) is 0.740. The zero-order chi connectivity index (χ0) is 17.0. The lowest BCUT2D eigenvalue weighted by atomic mass is 10.1. The van der Waals surface area contributed by atoms with Crippen molar-refractivity contribution in [3.8, 4) is 0 Å². The van der Waals surface area contributed by atoms with E-state index in [4.69, 9.17) is 0 Å². The maximum atomic E-state index is 12.0. The Balaban J connectivity index is 2.05. The molecule has 0 bridgehead atoms. The summed E-state index contributed by atoms with van der Waals surface area (Å²) < 4.78 is 0. The fourth-order valence-electron chi connectivity index (χ4n) is 2.28. The first-order chi connectivity index (χ1) is 10.9. The quantitative estimate of drug-likeness (QED) is 0.776. The molecule has 0 aliphatic heterocycles. The van der Waals surface area contributed by atoms with Crippen LogP contribution in [-0.4, -0.2) is 17.1 Å². The number of aromatic carboxylic acids is 1. The molecular weight excluding hydrogens is 312 g/mol. The van der Waals surface area contributed by atoms with Gasteiger partial charge in [0.25, 0.3) is 0 Å². The van der Waals surface area contributed by atoms with Crippen molar-refractivity contribution in [3.05, 3.63) is 51.4 Å². The van der Waals surface area contributed by atoms with E-state index in [0.717, 1.165) is 28.0 Å². The van der Waals surface area contributed by atoms with Gasteiger partial charge < -0.3 is 10.4 Å². The van der Waals surface area contributed by atoms with Crippen LogP contribution in [0, 0.1) is 13.8 Å². The van der Waals surface area contributed by atoms with E-state index in [0.29, 0.717) is 11.5 Å². The third kappa shape index (κ3) is 4.10. The number of thiophene rings is 1. The molecule has 1 heterocycles. The average molecular weight is 332 g/mol. The predicted octanol–water partition coefficient (Wildman–Crippen LogP) is 3.95. The van der Waals surface area contributed by atoms with Crippen molar-refractivity contribution >= 4 is 28.3 Å². The zero-order valence-electron chi connectivity index (χ0n) is 13.4. The van der Waals surface area contributed by atoms with Crippen molar-refractivity contribution in [2.45, 2.75) is 33.7 Å². The van der Waals surface area contributed by atoms with Crippen molar-refractivity contribution in [2.24, 2.45) is 0 Å². The minimum absolute atomic E-state index is 0.178. The van der Waals surface area contributed by atoms with Gasteiger partial charge in [-0.1, -0.05) is 36.8 Å². The number of hydrogen-bond acceptors (Lipinski definition) is 3. The molecule has 1 aromatic heterocycles. The lowest BCUT2D eigenvalue weighted by molar-refractivity contribution is 0.0697. The third-order valence-electron chi connectivity index (χ3n) is 3.58. The molecule has 122 valence electrons. The SMILES string of the molecule is CCc1sc(NC(=O)NCc2ccc(C)cc2)c(C(=O)O)c1C. The smallest absolute Gasteiger partial charge is 0.338 e. The fourth-order valence-corrected chi connectivity index (χ4v) is 3.41. The molecule has 0 spiro atoms. The van der Waals surface area contributed by atoms with Crippen molar-refractivity contribution in [1.82, 2.24) is 5.32 Å². The Hall–Kier alpha value is -2.34. The maximum absolute atomic E-state index is 12.0. The van der Waals surface area contributed by atoms with Crippen molar-refractivity contribution < 1.29 is 14.7 Å². The van der Waals surface area contributed by atoms with Crippen molar-refractivity contribution in [1.29, 1.82) is 0 Å². The Morgan fingerprint density at radius 2 is 1.83 bits per heavy atom. The minimum atomic E-state index is -1.02. The maximum Gasteiger partial charge on any atom is 0.338 e. The van der Waals surface area contributed by atoms with E-state index in [1.165, 1.54) is 11.3 Å². The number of anilines is 1. The molecule has 23 heavy (non-hydrogen) atoms. The van der Waals surface area contributed by atoms with E-state index in [1.54, 1.807) is 6.92 Å². The molecule has 0 aliphatic rings. The molecule has 0 saturated heterocycles. The number of benzene rings is 1. The van der Waals surface area contributed by atoms with Crippen LogP contribution in [0.1, 0.15) is 38.8 Å². The number of carboxylic acids is 1. The van der Waals surface area contributed by atoms with Gasteiger partial charge >= 0.3 is 12.0 Å². The highest BCUT2D eigenvalue weighted by Gasteiger charge is 2.21. The van der Waals surface area contributed by atoms with Crippen LogP contribution in [0.25, 0.3) is 0 Å². The van der Waals surface area contributed by atoms with Gasteiger partial charge in [-0.25, -0.2) is 9.59 Å². The molecule has 0 unspecified atom stereocenters. The van der Waals surface area contributed by atoms with Crippen LogP contribution < -0.4 is 10.6 Å². The van der Waals surface area contributed by atoms with E-state index in [9.17, 15) is 14.7 Å². The van der Waals surface area contributed by atoms with Crippen LogP contribution in [-0.2, 0) is 13.0 Å². The highest BCUT2D eigenvalue weighted by atomic mass is 32.1. The number of rotatable bonds is 5. The van der Waals surface area contributed by atoms with Gasteiger partial charge in [0.1, 0.15) is 5.00 Å². The first-order valence-corrected chi connectivity index (χ1v) is 8.20. The van der Waals surface area contributed by atoms with Crippen molar-refractivity contribution in [2.75, 3.05) is 5.32 Å². The third-order valence-corrected chi connectivity index (χ3v) is 4.93. The number of nitrogens with one attached hydrogen (secondary N) is 2. The van der Waals surface area contributed by atoms with Crippen LogP contribution in [0.15, 0.2) is 24.3 Å². The molecule has 1 aromatic carbocycles. The second kappa shape index (κ2) is 7.28. The predicted molar refractivity (Wildman–Crippen MR) is 92.4 cm³/mol. The molecule has 0 radical (unpaired) electrons. The summed E-state index contributed by atoms with van der Waals surface area (Å²) in [7, 11) is 0. The Labute approximate surface area is 139 Å². The van der Waals surface area contributed by atoms with Gasteiger partial charge in [0.15, 0.2) is 0 Å². The molecule has 6 heteroatoms. The number of carbonyl (C=O) groups is 2. The van der Waals surface area contributed by atoms with E-state index in [1.807, 2.05) is 38.1 Å². The lowest BCUT2D eigenvalue weighted by Crippen LogP contribution is -2.28. The lowest BCUT2D eigenvalue weighted by Gasteiger charge is -2.07. The fraction of sp³-hybridized carbons (Fsp3) is 0.294. The largest absolute Gasteiger partial charge is 0.478 e. The van der Waals surface area contributed by atoms with E-state index < -0.39 is 12.0 Å². The normalized spacial score (nSPS) is 10.4. The van der Waals surface area contributed by atoms with Crippen LogP contribution >= 0.6 is 11.3 Å². The topological polar surface area (TPSA) is 78.4 Å². The van der Waals surface area contributed by atoms with Gasteiger partial charge in [0.2, 0.25) is 0 Å². The average Bonchev–Trinajstić information content (AvgIpc) is 2.82. The summed E-state index contributed by atoms with van der Waals surface area (Å²) >= 11 is 1.31. The van der Waals surface area contributed by atoms with Gasteiger partial charge in [-0.3, -0.25) is 5.32 Å². The van der Waals surface area contributed by atoms with E-state index in [-0.39, 0.29) is 5.56 Å². The molecule has 0 atom stereocenters. The summed E-state index contributed by atoms with van der Waals surface area (Å²) in [5, 5.41) is 15.1. The van der Waals surface area contributed by atoms with Gasteiger partial charge in [-0.15, -0.1) is 11.3 Å². The summed E-state index contributed by atoms with van der Waals surface area (Å²) in [5.74, 6) is -1.02. The van der Waals surface area contributed by atoms with Gasteiger partial charge in [-0.2, -0.15) is 0 Å². The van der Waals surface area contributed by atoms with Crippen molar-refractivity contribution in [3.63, 3.8) is 0 Å². The molecule has 2 amide bonds. The Morgan fingerprint density at radius 3 is 2.39 bits per heavy atom. The first kappa shape index (κ1) is 17.0. The van der Waals surface area contributed by atoms with Crippen LogP contribution in [0.2, 0.25) is 0 Å². The molecule has 5 nitrogen and oxygen atoms in total. The van der Waals surface area contributed by atoms with Gasteiger partial charge in [0.05, 0.1) is 5.56 Å². The second-order valence-corrected chi connectivity index (χ2v) is 6.41. The standard InChI is InChI=1S/C17H20N2O3S/c1-4-13-11(3)14(16(20)21)15(23-13)19-17(22)18-9-12-7-5-10(2)6-8-12/h5-8H,4,9H2,1-3H3,(H,20,21)(H2,18,19,22). The van der Waals surface area contributed by atoms with Gasteiger partial charge in [-0.05, 0) is 31.4 Å². The van der Waals surface area contributed by atoms with Crippen LogP contribution in [0.5, 0.6) is 0 Å². The zero-order valence-corrected chi connectivity index (χ0v) is 14.2. The molecule has 2 aromatic rings. The highest BCUT2D eigenvalue weighted by molar-refractivity contribution is 7.16. The molecule has 0 aliphatic carbocycles. The second-order valence-electron chi connectivity index (χ2n) is 5.31. The molecule has 2 rings (SSSR count). The summed E-state index contributed by atoms with van der Waals surface area (Å²) in [4.78, 5) is 24.4. The number of amides is 2. The number of carboxylic acid groups (broad SMARTS) is 1. The highest BCUT2D eigenvalue weighted by Crippen LogP contribution is 2.33. The minimum Gasteiger partial charge on any atom is -0.478 e. The Bertz CT molecular complexity index is 720. The summed E-state index contributed by atoms with van der Waals surface area (Å²) in [6, 6.07) is 7.45. The van der Waals surface area contributed by atoms with Crippen LogP contribution in [0.3, 0.4) is 0 Å². The summed E-state index contributed by atoms with van der Waals surface area (Å²) in [5.41, 5.74) is 3.04. The molecular formula is C17H20N2O3S. The van der Waals surface area contributed by atoms with Crippen LogP contribution in [0.4, 0.5) is 9.80 Å². The molecule has 0 saturated carbocycles. The number of aryl methyl sites for hydroxylation is 2. The monoisotopic (exact) mass is 332 g/mol. The summed E-state index contributed by atoms with van der Waals surface area (Å²) in [6.45, 7) is 6.13.